The van der Waals surface area contributed by atoms with E-state index in [9.17, 15) is 14.7 Å². The van der Waals surface area contributed by atoms with Gasteiger partial charge < -0.3 is 19.5 Å². The Morgan fingerprint density at radius 2 is 1.87 bits per heavy atom. The highest BCUT2D eigenvalue weighted by atomic mass is 35.5. The Kier molecular flexibility index (Phi) is 7.36. The second kappa shape index (κ2) is 9.98. The van der Waals surface area contributed by atoms with Crippen LogP contribution in [0.25, 0.3) is 5.76 Å². The van der Waals surface area contributed by atoms with Crippen LogP contribution in [0.15, 0.2) is 54.1 Å². The molecule has 0 spiro atoms. The van der Waals surface area contributed by atoms with Crippen LogP contribution in [0.3, 0.4) is 0 Å². The first kappa shape index (κ1) is 22.8. The lowest BCUT2D eigenvalue weighted by Gasteiger charge is -2.25. The van der Waals surface area contributed by atoms with Gasteiger partial charge in [-0.2, -0.15) is 0 Å². The van der Waals surface area contributed by atoms with Crippen molar-refractivity contribution in [3.05, 3.63) is 70.3 Å². The van der Waals surface area contributed by atoms with Crippen LogP contribution in [0.4, 0.5) is 0 Å². The highest BCUT2D eigenvalue weighted by molar-refractivity contribution is 6.46. The number of likely N-dealkylation sites (tertiary alicyclic amines) is 1. The SMILES string of the molecule is COCCN1C(=O)C(=O)/C(=C(\O)c2cccc(Cl)c2)C1c1ccc(OCC(C)C)cc1. The molecule has 1 aliphatic rings. The Morgan fingerprint density at radius 1 is 1.16 bits per heavy atom. The van der Waals surface area contributed by atoms with Crippen molar-refractivity contribution in [2.45, 2.75) is 19.9 Å². The molecule has 1 saturated heterocycles. The summed E-state index contributed by atoms with van der Waals surface area (Å²) in [6.07, 6.45) is 0. The van der Waals surface area contributed by atoms with Gasteiger partial charge in [-0.25, -0.2) is 0 Å². The number of hydrogen-bond acceptors (Lipinski definition) is 5. The number of nitrogens with zero attached hydrogens (tertiary/aromatic N) is 1. The number of Topliss-reactive ketones (excluding diaryl/α,β-unsaturated/α-hetero) is 1. The molecule has 2 aromatic rings. The highest BCUT2D eigenvalue weighted by Gasteiger charge is 2.45. The summed E-state index contributed by atoms with van der Waals surface area (Å²) in [5.41, 5.74) is 1.09. The van der Waals surface area contributed by atoms with Crippen molar-refractivity contribution < 1.29 is 24.2 Å². The lowest BCUT2D eigenvalue weighted by molar-refractivity contribution is -0.140. The van der Waals surface area contributed by atoms with Crippen molar-refractivity contribution in [3.63, 3.8) is 0 Å². The monoisotopic (exact) mass is 443 g/mol. The summed E-state index contributed by atoms with van der Waals surface area (Å²) in [4.78, 5) is 27.1. The Hall–Kier alpha value is -2.83. The molecule has 7 heteroatoms. The molecule has 0 bridgehead atoms. The molecule has 2 aromatic carbocycles. The van der Waals surface area contributed by atoms with Gasteiger partial charge in [-0.05, 0) is 35.7 Å². The topological polar surface area (TPSA) is 76.1 Å². The van der Waals surface area contributed by atoms with Crippen molar-refractivity contribution in [1.29, 1.82) is 0 Å². The molecule has 1 N–H and O–H groups in total. The van der Waals surface area contributed by atoms with Crippen molar-refractivity contribution in [2.24, 2.45) is 5.92 Å². The summed E-state index contributed by atoms with van der Waals surface area (Å²) in [5, 5.41) is 11.4. The van der Waals surface area contributed by atoms with E-state index in [0.29, 0.717) is 34.4 Å². The van der Waals surface area contributed by atoms with E-state index in [-0.39, 0.29) is 24.5 Å². The highest BCUT2D eigenvalue weighted by Crippen LogP contribution is 2.39. The number of halogens is 1. The van der Waals surface area contributed by atoms with Crippen molar-refractivity contribution >= 4 is 29.1 Å². The van der Waals surface area contributed by atoms with Gasteiger partial charge >= 0.3 is 0 Å². The molecule has 164 valence electrons. The van der Waals surface area contributed by atoms with Crippen LogP contribution in [-0.2, 0) is 14.3 Å². The Bertz CT molecular complexity index is 984. The minimum absolute atomic E-state index is 0.0271. The summed E-state index contributed by atoms with van der Waals surface area (Å²) in [7, 11) is 1.53. The van der Waals surface area contributed by atoms with E-state index in [0.717, 1.165) is 0 Å². The Balaban J connectivity index is 2.05. The number of hydrogen-bond donors (Lipinski definition) is 1. The predicted octanol–water partition coefficient (Wildman–Crippen LogP) is 4.44. The first-order valence-corrected chi connectivity index (χ1v) is 10.5. The van der Waals surface area contributed by atoms with Crippen LogP contribution in [0.1, 0.15) is 31.0 Å². The van der Waals surface area contributed by atoms with E-state index < -0.39 is 17.7 Å². The van der Waals surface area contributed by atoms with Crippen LogP contribution in [0, 0.1) is 5.92 Å². The molecule has 1 unspecified atom stereocenters. The molecule has 31 heavy (non-hydrogen) atoms. The Morgan fingerprint density at radius 3 is 2.48 bits per heavy atom. The predicted molar refractivity (Wildman–Crippen MR) is 119 cm³/mol. The van der Waals surface area contributed by atoms with Gasteiger partial charge in [0.2, 0.25) is 0 Å². The third-order valence-electron chi connectivity index (χ3n) is 4.95. The van der Waals surface area contributed by atoms with Crippen molar-refractivity contribution in [1.82, 2.24) is 4.90 Å². The summed E-state index contributed by atoms with van der Waals surface area (Å²) >= 11 is 6.05. The molecule has 0 saturated carbocycles. The molecular weight excluding hydrogens is 418 g/mol. The third-order valence-corrected chi connectivity index (χ3v) is 5.19. The van der Waals surface area contributed by atoms with Gasteiger partial charge in [-0.15, -0.1) is 0 Å². The zero-order valence-electron chi connectivity index (χ0n) is 17.8. The van der Waals surface area contributed by atoms with Crippen LogP contribution >= 0.6 is 11.6 Å². The largest absolute Gasteiger partial charge is 0.507 e. The molecule has 1 aliphatic heterocycles. The molecule has 0 radical (unpaired) electrons. The van der Waals surface area contributed by atoms with Gasteiger partial charge in [0.15, 0.2) is 0 Å². The average Bonchev–Trinajstić information content (AvgIpc) is 3.00. The second-order valence-electron chi connectivity index (χ2n) is 7.77. The number of benzene rings is 2. The zero-order chi connectivity index (χ0) is 22.5. The minimum Gasteiger partial charge on any atom is -0.507 e. The summed E-state index contributed by atoms with van der Waals surface area (Å²) in [5.74, 6) is -0.588. The van der Waals surface area contributed by atoms with Gasteiger partial charge in [0, 0.05) is 24.2 Å². The smallest absolute Gasteiger partial charge is 0.295 e. The van der Waals surface area contributed by atoms with E-state index >= 15 is 0 Å². The summed E-state index contributed by atoms with van der Waals surface area (Å²) in [6, 6.07) is 13.0. The number of aliphatic hydroxyl groups is 1. The first-order valence-electron chi connectivity index (χ1n) is 10.1. The van der Waals surface area contributed by atoms with E-state index in [4.69, 9.17) is 21.1 Å². The summed E-state index contributed by atoms with van der Waals surface area (Å²) in [6.45, 7) is 5.18. The van der Waals surface area contributed by atoms with Crippen LogP contribution < -0.4 is 4.74 Å². The van der Waals surface area contributed by atoms with Crippen LogP contribution in [-0.4, -0.2) is 48.6 Å². The summed E-state index contributed by atoms with van der Waals surface area (Å²) < 4.78 is 10.9. The molecule has 1 heterocycles. The fourth-order valence-electron chi connectivity index (χ4n) is 3.45. The van der Waals surface area contributed by atoms with Gasteiger partial charge in [0.1, 0.15) is 11.5 Å². The maximum Gasteiger partial charge on any atom is 0.295 e. The molecular formula is C24H26ClNO5. The first-order chi connectivity index (χ1) is 14.8. The molecule has 6 nitrogen and oxygen atoms in total. The number of ether oxygens (including phenoxy) is 2. The zero-order valence-corrected chi connectivity index (χ0v) is 18.6. The molecule has 1 atom stereocenters. The standard InChI is InChI=1S/C24H26ClNO5/c1-15(2)14-31-19-9-7-16(8-10-19)21-20(22(27)17-5-4-6-18(25)13-17)23(28)24(29)26(21)11-12-30-3/h4-10,13,15,21,27H,11-12,14H2,1-3H3/b22-20-. The number of rotatable bonds is 8. The minimum atomic E-state index is -0.742. The van der Waals surface area contributed by atoms with E-state index in [1.165, 1.54) is 12.0 Å². The fourth-order valence-corrected chi connectivity index (χ4v) is 3.64. The fraction of sp³-hybridized carbons (Fsp3) is 0.333. The van der Waals surface area contributed by atoms with Gasteiger partial charge in [0.05, 0.1) is 24.8 Å². The van der Waals surface area contributed by atoms with Crippen molar-refractivity contribution in [3.8, 4) is 5.75 Å². The lowest BCUT2D eigenvalue weighted by Crippen LogP contribution is -2.32. The number of carbonyl (C=O) groups excluding carboxylic acids is 2. The van der Waals surface area contributed by atoms with Crippen LogP contribution in [0.2, 0.25) is 5.02 Å². The molecule has 1 amide bonds. The molecule has 0 aromatic heterocycles. The number of methoxy groups -OCH3 is 1. The quantitative estimate of drug-likeness (QED) is 0.370. The normalized spacial score (nSPS) is 18.1. The number of aliphatic hydroxyl groups excluding tert-OH is 1. The lowest BCUT2D eigenvalue weighted by atomic mass is 9.95. The van der Waals surface area contributed by atoms with E-state index in [1.54, 1.807) is 48.5 Å². The molecule has 0 aliphatic carbocycles. The maximum atomic E-state index is 12.9. The van der Waals surface area contributed by atoms with Crippen LogP contribution in [0.5, 0.6) is 5.75 Å². The molecule has 3 rings (SSSR count). The average molecular weight is 444 g/mol. The number of amides is 1. The van der Waals surface area contributed by atoms with Gasteiger partial charge in [-0.1, -0.05) is 49.7 Å². The van der Waals surface area contributed by atoms with Gasteiger partial charge in [0.25, 0.3) is 11.7 Å². The van der Waals surface area contributed by atoms with Gasteiger partial charge in [-0.3, -0.25) is 9.59 Å². The van der Waals surface area contributed by atoms with Crippen molar-refractivity contribution in [2.75, 3.05) is 26.9 Å². The van der Waals surface area contributed by atoms with E-state index in [1.807, 2.05) is 0 Å². The third kappa shape index (κ3) is 5.09. The van der Waals surface area contributed by atoms with E-state index in [2.05, 4.69) is 13.8 Å². The maximum absolute atomic E-state index is 12.9. The number of carbonyl (C=O) groups is 2. The number of ketones is 1. The molecule has 1 fully saturated rings. The second-order valence-corrected chi connectivity index (χ2v) is 8.21. The Labute approximate surface area is 187 Å².